The molecule has 1 atom stereocenters. The van der Waals surface area contributed by atoms with Crippen molar-refractivity contribution in [1.29, 1.82) is 0 Å². The lowest BCUT2D eigenvalue weighted by Gasteiger charge is -2.23. The van der Waals surface area contributed by atoms with Crippen LogP contribution in [-0.4, -0.2) is 27.6 Å². The van der Waals surface area contributed by atoms with Crippen molar-refractivity contribution in [3.8, 4) is 0 Å². The largest absolute Gasteiger partial charge is 0.481 e. The normalized spacial score (nSPS) is 14.3. The number of nitrogens with zero attached hydrogens (tertiary/aromatic N) is 2. The lowest BCUT2D eigenvalue weighted by Crippen LogP contribution is -2.14. The lowest BCUT2D eigenvalue weighted by atomic mass is 9.83. The van der Waals surface area contributed by atoms with Gasteiger partial charge >= 0.3 is 5.97 Å². The van der Waals surface area contributed by atoms with Crippen LogP contribution >= 0.6 is 27.3 Å². The topological polar surface area (TPSA) is 75.1 Å². The number of anilines is 1. The Morgan fingerprint density at radius 1 is 1.17 bits per heavy atom. The molecule has 4 rings (SSSR count). The van der Waals surface area contributed by atoms with Crippen molar-refractivity contribution in [2.24, 2.45) is 0 Å². The quantitative estimate of drug-likeness (QED) is 0.299. The molecule has 0 spiro atoms. The second kappa shape index (κ2) is 11.2. The third-order valence-electron chi connectivity index (χ3n) is 6.55. The number of benzene rings is 1. The number of carboxylic acids is 1. The van der Waals surface area contributed by atoms with Crippen LogP contribution in [-0.2, 0) is 35.9 Å². The van der Waals surface area contributed by atoms with Gasteiger partial charge in [-0.15, -0.1) is 11.3 Å². The Morgan fingerprint density at radius 3 is 2.77 bits per heavy atom. The van der Waals surface area contributed by atoms with Gasteiger partial charge in [-0.3, -0.25) is 4.79 Å². The molecule has 1 aromatic carbocycles. The number of carbonyl (C=O) groups is 1. The maximum absolute atomic E-state index is 11.7. The Hall–Kier alpha value is -2.25. The van der Waals surface area contributed by atoms with Gasteiger partial charge in [-0.2, -0.15) is 0 Å². The predicted molar refractivity (Wildman–Crippen MR) is 147 cm³/mol. The summed E-state index contributed by atoms with van der Waals surface area (Å²) in [5, 5.41) is 16.2. The number of aromatic nitrogens is 2. The number of halogens is 1. The first kappa shape index (κ1) is 25.8. The van der Waals surface area contributed by atoms with Gasteiger partial charge in [-0.05, 0) is 72.8 Å². The van der Waals surface area contributed by atoms with E-state index in [9.17, 15) is 9.90 Å². The standard InChI is InChI=1S/C28H34BrN3O2S/c1-28(2,3)20-10-12-24(29)23(16-20)19(15-26(33)34)14-22-17-35-25(31-22)8-4-7-21-11-9-18-6-5-13-30-27(18)32-21/h9-12,16-17,19H,4-8,13-15H2,1-3H3,(H,30,32)(H,33,34). The molecule has 7 heteroatoms. The number of nitrogens with one attached hydrogen (secondary N) is 1. The maximum Gasteiger partial charge on any atom is 0.303 e. The van der Waals surface area contributed by atoms with E-state index in [0.717, 1.165) is 64.5 Å². The number of thiazole rings is 1. The summed E-state index contributed by atoms with van der Waals surface area (Å²) in [7, 11) is 0. The third-order valence-corrected chi connectivity index (χ3v) is 8.23. The molecule has 1 aliphatic rings. The highest BCUT2D eigenvalue weighted by molar-refractivity contribution is 9.10. The van der Waals surface area contributed by atoms with Crippen LogP contribution in [0.2, 0.25) is 0 Å². The molecule has 0 bridgehead atoms. The zero-order valence-electron chi connectivity index (χ0n) is 20.7. The molecule has 0 saturated heterocycles. The first-order valence-corrected chi connectivity index (χ1v) is 14.0. The minimum Gasteiger partial charge on any atom is -0.481 e. The molecule has 2 aromatic heterocycles. The summed E-state index contributed by atoms with van der Waals surface area (Å²) in [5.41, 5.74) is 5.66. The summed E-state index contributed by atoms with van der Waals surface area (Å²) < 4.78 is 0.958. The maximum atomic E-state index is 11.7. The Labute approximate surface area is 220 Å². The van der Waals surface area contributed by atoms with E-state index < -0.39 is 5.97 Å². The number of pyridine rings is 1. The molecule has 5 nitrogen and oxygen atoms in total. The molecule has 0 fully saturated rings. The monoisotopic (exact) mass is 555 g/mol. The number of hydrogen-bond acceptors (Lipinski definition) is 5. The SMILES string of the molecule is CC(C)(C)c1ccc(Br)c(C(CC(=O)O)Cc2csc(CCCc3ccc4c(n3)NCCC4)n2)c1. The molecule has 0 radical (unpaired) electrons. The minimum absolute atomic E-state index is 0.00000316. The number of hydrogen-bond donors (Lipinski definition) is 2. The summed E-state index contributed by atoms with van der Waals surface area (Å²) in [6, 6.07) is 10.7. The minimum atomic E-state index is -0.787. The smallest absolute Gasteiger partial charge is 0.303 e. The highest BCUT2D eigenvalue weighted by Crippen LogP contribution is 2.35. The first-order valence-electron chi connectivity index (χ1n) is 12.4. The van der Waals surface area contributed by atoms with Crippen LogP contribution in [0.4, 0.5) is 5.82 Å². The van der Waals surface area contributed by atoms with Gasteiger partial charge in [0.2, 0.25) is 0 Å². The molecule has 0 saturated carbocycles. The van der Waals surface area contributed by atoms with E-state index in [1.165, 1.54) is 17.5 Å². The van der Waals surface area contributed by atoms with E-state index in [-0.39, 0.29) is 17.8 Å². The average Bonchev–Trinajstić information content (AvgIpc) is 3.25. The molecule has 186 valence electrons. The van der Waals surface area contributed by atoms with Crippen molar-refractivity contribution in [3.63, 3.8) is 0 Å². The number of aryl methyl sites for hydroxylation is 3. The Balaban J connectivity index is 1.41. The van der Waals surface area contributed by atoms with E-state index in [0.29, 0.717) is 6.42 Å². The molecule has 0 aliphatic carbocycles. The van der Waals surface area contributed by atoms with Crippen LogP contribution in [0.1, 0.15) is 79.0 Å². The number of aliphatic carboxylic acids is 1. The zero-order chi connectivity index (χ0) is 25.0. The highest BCUT2D eigenvalue weighted by atomic mass is 79.9. The Bertz CT molecular complexity index is 1190. The van der Waals surface area contributed by atoms with Crippen LogP contribution in [0.5, 0.6) is 0 Å². The molecule has 2 N–H and O–H groups in total. The van der Waals surface area contributed by atoms with E-state index in [4.69, 9.17) is 9.97 Å². The van der Waals surface area contributed by atoms with Crippen molar-refractivity contribution >= 4 is 39.1 Å². The van der Waals surface area contributed by atoms with Crippen LogP contribution in [0.25, 0.3) is 0 Å². The number of rotatable bonds is 9. The second-order valence-electron chi connectivity index (χ2n) is 10.4. The van der Waals surface area contributed by atoms with Crippen molar-refractivity contribution in [1.82, 2.24) is 9.97 Å². The molecule has 35 heavy (non-hydrogen) atoms. The van der Waals surface area contributed by atoms with E-state index in [2.05, 4.69) is 71.7 Å². The summed E-state index contributed by atoms with van der Waals surface area (Å²) in [4.78, 5) is 21.4. The van der Waals surface area contributed by atoms with Crippen molar-refractivity contribution in [3.05, 3.63) is 73.3 Å². The van der Waals surface area contributed by atoms with Crippen LogP contribution in [0.15, 0.2) is 40.2 Å². The summed E-state index contributed by atoms with van der Waals surface area (Å²) in [6.45, 7) is 7.53. The molecule has 3 aromatic rings. The van der Waals surface area contributed by atoms with Gasteiger partial charge in [0.15, 0.2) is 0 Å². The van der Waals surface area contributed by atoms with Crippen molar-refractivity contribution < 1.29 is 9.90 Å². The van der Waals surface area contributed by atoms with Gasteiger partial charge in [0, 0.05) is 28.0 Å². The van der Waals surface area contributed by atoms with E-state index in [1.54, 1.807) is 11.3 Å². The second-order valence-corrected chi connectivity index (χ2v) is 12.2. The average molecular weight is 557 g/mol. The third kappa shape index (κ3) is 6.91. The van der Waals surface area contributed by atoms with Gasteiger partial charge < -0.3 is 10.4 Å². The van der Waals surface area contributed by atoms with Crippen LogP contribution in [0.3, 0.4) is 0 Å². The number of fused-ring (bicyclic) bond motifs is 1. The highest BCUT2D eigenvalue weighted by Gasteiger charge is 2.23. The fourth-order valence-corrected chi connectivity index (χ4v) is 5.99. The lowest BCUT2D eigenvalue weighted by molar-refractivity contribution is -0.137. The summed E-state index contributed by atoms with van der Waals surface area (Å²) >= 11 is 5.34. The molecule has 0 amide bonds. The van der Waals surface area contributed by atoms with Crippen molar-refractivity contribution in [2.75, 3.05) is 11.9 Å². The molecule has 1 unspecified atom stereocenters. The van der Waals surface area contributed by atoms with Gasteiger partial charge in [0.05, 0.1) is 17.1 Å². The molecule has 3 heterocycles. The molecular formula is C28H34BrN3O2S. The van der Waals surface area contributed by atoms with Gasteiger partial charge in [-0.1, -0.05) is 54.9 Å². The van der Waals surface area contributed by atoms with Gasteiger partial charge in [0.25, 0.3) is 0 Å². The summed E-state index contributed by atoms with van der Waals surface area (Å²) in [5.74, 6) is 0.133. The fourth-order valence-electron chi connectivity index (χ4n) is 4.56. The summed E-state index contributed by atoms with van der Waals surface area (Å²) in [6.07, 6.45) is 5.81. The fraction of sp³-hybridized carbons (Fsp3) is 0.464. The van der Waals surface area contributed by atoms with Crippen LogP contribution < -0.4 is 5.32 Å². The van der Waals surface area contributed by atoms with Crippen LogP contribution in [0, 0.1) is 0 Å². The molecular weight excluding hydrogens is 522 g/mol. The Kier molecular flexibility index (Phi) is 8.27. The Morgan fingerprint density at radius 2 is 2.00 bits per heavy atom. The van der Waals surface area contributed by atoms with Gasteiger partial charge in [0.1, 0.15) is 5.82 Å². The van der Waals surface area contributed by atoms with E-state index >= 15 is 0 Å². The van der Waals surface area contributed by atoms with Gasteiger partial charge in [-0.25, -0.2) is 9.97 Å². The predicted octanol–water partition coefficient (Wildman–Crippen LogP) is 6.93. The number of carboxylic acid groups (broad SMARTS) is 1. The van der Waals surface area contributed by atoms with E-state index in [1.807, 2.05) is 6.07 Å². The zero-order valence-corrected chi connectivity index (χ0v) is 23.1. The van der Waals surface area contributed by atoms with Crippen molar-refractivity contribution in [2.45, 2.75) is 77.0 Å². The molecule has 1 aliphatic heterocycles. The first-order chi connectivity index (χ1) is 16.7.